The number of aliphatic carboxylic acids is 1. The smallest absolute Gasteiger partial charge is 0.321 e. The molecular formula is C13H23N3O5. The Morgan fingerprint density at radius 3 is 2.67 bits per heavy atom. The van der Waals surface area contributed by atoms with E-state index in [1.807, 2.05) is 6.92 Å². The Balaban J connectivity index is 2.36. The van der Waals surface area contributed by atoms with Crippen LogP contribution in [-0.4, -0.2) is 67.3 Å². The molecule has 0 radical (unpaired) electrons. The number of nitrogens with zero attached hydrogens (tertiary/aromatic N) is 1. The van der Waals surface area contributed by atoms with E-state index in [0.717, 1.165) is 12.8 Å². The van der Waals surface area contributed by atoms with Gasteiger partial charge in [-0.2, -0.15) is 0 Å². The Labute approximate surface area is 123 Å². The second kappa shape index (κ2) is 8.58. The number of carbonyl (C=O) groups is 3. The van der Waals surface area contributed by atoms with Gasteiger partial charge in [0.25, 0.3) is 0 Å². The van der Waals surface area contributed by atoms with E-state index in [1.54, 1.807) is 11.9 Å². The molecule has 8 heteroatoms. The summed E-state index contributed by atoms with van der Waals surface area (Å²) in [6, 6.07) is -0.893. The molecule has 0 aromatic carbocycles. The predicted molar refractivity (Wildman–Crippen MR) is 74.8 cm³/mol. The third kappa shape index (κ3) is 5.68. The van der Waals surface area contributed by atoms with Gasteiger partial charge in [-0.15, -0.1) is 0 Å². The Morgan fingerprint density at radius 1 is 1.33 bits per heavy atom. The standard InChI is InChI=1S/C13H23N3O5/c1-3-4-5-14-13(20)15-11(17)6-16(2)10-8-21-7-9(10)12(18)19/h9-10H,3-8H2,1-2H3,(H,18,19)(H2,14,15,17,20). The number of carboxylic acid groups (broad SMARTS) is 1. The van der Waals surface area contributed by atoms with E-state index >= 15 is 0 Å². The van der Waals surface area contributed by atoms with Crippen LogP contribution in [0.5, 0.6) is 0 Å². The number of hydrogen-bond acceptors (Lipinski definition) is 5. The molecule has 120 valence electrons. The minimum atomic E-state index is -0.943. The lowest BCUT2D eigenvalue weighted by molar-refractivity contribution is -0.143. The summed E-state index contributed by atoms with van der Waals surface area (Å²) in [5.74, 6) is -2.06. The number of carboxylic acids is 1. The maximum absolute atomic E-state index is 11.7. The number of hydrogen-bond donors (Lipinski definition) is 3. The van der Waals surface area contributed by atoms with Crippen molar-refractivity contribution in [3.63, 3.8) is 0 Å². The molecule has 0 saturated carbocycles. The van der Waals surface area contributed by atoms with Gasteiger partial charge in [0.2, 0.25) is 5.91 Å². The molecule has 3 amide bonds. The van der Waals surface area contributed by atoms with E-state index in [1.165, 1.54) is 0 Å². The van der Waals surface area contributed by atoms with E-state index < -0.39 is 23.8 Å². The Bertz CT molecular complexity index is 388. The lowest BCUT2D eigenvalue weighted by atomic mass is 10.0. The first-order valence-electron chi connectivity index (χ1n) is 7.04. The quantitative estimate of drug-likeness (QED) is 0.554. The van der Waals surface area contributed by atoms with Crippen LogP contribution in [0.3, 0.4) is 0 Å². The van der Waals surface area contributed by atoms with Gasteiger partial charge in [0.05, 0.1) is 25.7 Å². The fourth-order valence-corrected chi connectivity index (χ4v) is 2.15. The third-order valence-electron chi connectivity index (χ3n) is 3.40. The minimum Gasteiger partial charge on any atom is -0.481 e. The first-order chi connectivity index (χ1) is 9.95. The highest BCUT2D eigenvalue weighted by Crippen LogP contribution is 2.18. The van der Waals surface area contributed by atoms with Crippen LogP contribution in [0.2, 0.25) is 0 Å². The molecule has 0 bridgehead atoms. The van der Waals surface area contributed by atoms with Crippen molar-refractivity contribution >= 4 is 17.9 Å². The normalized spacial score (nSPS) is 21.3. The molecular weight excluding hydrogens is 278 g/mol. The number of nitrogens with one attached hydrogen (secondary N) is 2. The van der Waals surface area contributed by atoms with Crippen molar-refractivity contribution in [2.75, 3.05) is 33.4 Å². The first kappa shape index (κ1) is 17.4. The molecule has 1 rings (SSSR count). The second-order valence-electron chi connectivity index (χ2n) is 5.12. The molecule has 1 aliphatic heterocycles. The van der Waals surface area contributed by atoms with E-state index in [9.17, 15) is 14.4 Å². The fourth-order valence-electron chi connectivity index (χ4n) is 2.15. The predicted octanol–water partition coefficient (Wildman–Crippen LogP) is -0.356. The van der Waals surface area contributed by atoms with Gasteiger partial charge in [0.15, 0.2) is 0 Å². The van der Waals surface area contributed by atoms with Crippen molar-refractivity contribution in [3.8, 4) is 0 Å². The van der Waals surface area contributed by atoms with Crippen molar-refractivity contribution in [1.29, 1.82) is 0 Å². The summed E-state index contributed by atoms with van der Waals surface area (Å²) in [7, 11) is 1.64. The lowest BCUT2D eigenvalue weighted by Gasteiger charge is -2.25. The van der Waals surface area contributed by atoms with Crippen LogP contribution in [0.4, 0.5) is 4.79 Å². The molecule has 0 aromatic heterocycles. The second-order valence-corrected chi connectivity index (χ2v) is 5.12. The average Bonchev–Trinajstić information content (AvgIpc) is 2.88. The number of unbranched alkanes of at least 4 members (excludes halogenated alkanes) is 1. The van der Waals surface area contributed by atoms with Gasteiger partial charge in [-0.3, -0.25) is 19.8 Å². The number of imide groups is 1. The van der Waals surface area contributed by atoms with Crippen molar-refractivity contribution in [3.05, 3.63) is 0 Å². The van der Waals surface area contributed by atoms with E-state index in [2.05, 4.69) is 10.6 Å². The Morgan fingerprint density at radius 2 is 2.05 bits per heavy atom. The molecule has 2 unspecified atom stereocenters. The third-order valence-corrected chi connectivity index (χ3v) is 3.40. The van der Waals surface area contributed by atoms with Gasteiger partial charge in [0, 0.05) is 12.6 Å². The summed E-state index contributed by atoms with van der Waals surface area (Å²) >= 11 is 0. The zero-order chi connectivity index (χ0) is 15.8. The van der Waals surface area contributed by atoms with Crippen LogP contribution >= 0.6 is 0 Å². The van der Waals surface area contributed by atoms with Gasteiger partial charge in [0.1, 0.15) is 0 Å². The van der Waals surface area contributed by atoms with Gasteiger partial charge in [-0.1, -0.05) is 13.3 Å². The SMILES string of the molecule is CCCCNC(=O)NC(=O)CN(C)C1COCC1C(=O)O. The van der Waals surface area contributed by atoms with Crippen molar-refractivity contribution in [2.24, 2.45) is 5.92 Å². The average molecular weight is 301 g/mol. The van der Waals surface area contributed by atoms with Crippen molar-refractivity contribution in [2.45, 2.75) is 25.8 Å². The molecule has 0 spiro atoms. The van der Waals surface area contributed by atoms with Crippen LogP contribution in [0.1, 0.15) is 19.8 Å². The van der Waals surface area contributed by atoms with Crippen molar-refractivity contribution < 1.29 is 24.2 Å². The molecule has 21 heavy (non-hydrogen) atoms. The monoisotopic (exact) mass is 301 g/mol. The number of likely N-dealkylation sites (N-methyl/N-ethyl adjacent to an activating group) is 1. The highest BCUT2D eigenvalue weighted by Gasteiger charge is 2.37. The van der Waals surface area contributed by atoms with Crippen LogP contribution in [0.25, 0.3) is 0 Å². The van der Waals surface area contributed by atoms with Gasteiger partial charge in [-0.05, 0) is 13.5 Å². The fraction of sp³-hybridized carbons (Fsp3) is 0.769. The molecule has 0 aliphatic carbocycles. The van der Waals surface area contributed by atoms with Crippen molar-refractivity contribution in [1.82, 2.24) is 15.5 Å². The Kier molecular flexibility index (Phi) is 7.10. The highest BCUT2D eigenvalue weighted by molar-refractivity contribution is 5.95. The maximum Gasteiger partial charge on any atom is 0.321 e. The summed E-state index contributed by atoms with van der Waals surface area (Å²) in [5.41, 5.74) is 0. The maximum atomic E-state index is 11.7. The number of amides is 3. The highest BCUT2D eigenvalue weighted by atomic mass is 16.5. The summed E-state index contributed by atoms with van der Waals surface area (Å²) in [4.78, 5) is 35.8. The zero-order valence-electron chi connectivity index (χ0n) is 12.4. The lowest BCUT2D eigenvalue weighted by Crippen LogP contribution is -2.48. The number of carbonyl (C=O) groups excluding carboxylic acids is 2. The summed E-state index contributed by atoms with van der Waals surface area (Å²) in [5, 5.41) is 13.9. The van der Waals surface area contributed by atoms with Gasteiger partial charge < -0.3 is 15.2 Å². The molecule has 1 saturated heterocycles. The van der Waals surface area contributed by atoms with Crippen LogP contribution in [0, 0.1) is 5.92 Å². The summed E-state index contributed by atoms with van der Waals surface area (Å²) < 4.78 is 5.15. The number of rotatable bonds is 7. The topological polar surface area (TPSA) is 108 Å². The Hall–Kier alpha value is -1.67. The molecule has 1 aliphatic rings. The van der Waals surface area contributed by atoms with Gasteiger partial charge >= 0.3 is 12.0 Å². The largest absolute Gasteiger partial charge is 0.481 e. The van der Waals surface area contributed by atoms with E-state index in [0.29, 0.717) is 6.54 Å². The number of urea groups is 1. The summed E-state index contributed by atoms with van der Waals surface area (Å²) in [6.45, 7) is 2.87. The van der Waals surface area contributed by atoms with Crippen LogP contribution in [-0.2, 0) is 14.3 Å². The molecule has 0 aromatic rings. The molecule has 8 nitrogen and oxygen atoms in total. The van der Waals surface area contributed by atoms with E-state index in [4.69, 9.17) is 9.84 Å². The van der Waals surface area contributed by atoms with Crippen LogP contribution < -0.4 is 10.6 Å². The van der Waals surface area contributed by atoms with Gasteiger partial charge in [-0.25, -0.2) is 4.79 Å². The molecule has 1 fully saturated rings. The zero-order valence-corrected chi connectivity index (χ0v) is 12.4. The first-order valence-corrected chi connectivity index (χ1v) is 7.04. The molecule has 1 heterocycles. The molecule has 3 N–H and O–H groups in total. The molecule has 2 atom stereocenters. The minimum absolute atomic E-state index is 0.0565. The summed E-state index contributed by atoms with van der Waals surface area (Å²) in [6.07, 6.45) is 1.80. The van der Waals surface area contributed by atoms with Crippen LogP contribution in [0.15, 0.2) is 0 Å². The number of ether oxygens (including phenoxy) is 1. The van der Waals surface area contributed by atoms with E-state index in [-0.39, 0.29) is 25.8 Å².